The maximum absolute atomic E-state index is 13.9. The molecule has 0 bridgehead atoms. The van der Waals surface area contributed by atoms with Gasteiger partial charge in [0.05, 0.1) is 22.4 Å². The van der Waals surface area contributed by atoms with Crippen molar-refractivity contribution in [3.8, 4) is 0 Å². The fourth-order valence-corrected chi connectivity index (χ4v) is 3.28. The standard InChI is InChI=1S/C15H19BrFN3O.2ClH/c16-10-5-6-12-15(14(10)17)19-9-20(12)8-2-3-11-13(21)4-1-7-18-11;;/h5-6,9,11,13,18,21H,1-4,7-8H2;2*1H. The number of aliphatic hydroxyl groups is 1. The highest BCUT2D eigenvalue weighted by Gasteiger charge is 2.21. The quantitative estimate of drug-likeness (QED) is 0.780. The van der Waals surface area contributed by atoms with Crippen LogP contribution < -0.4 is 5.32 Å². The van der Waals surface area contributed by atoms with Crippen molar-refractivity contribution in [3.05, 3.63) is 28.7 Å². The first-order valence-electron chi connectivity index (χ1n) is 7.37. The molecule has 1 saturated heterocycles. The molecule has 130 valence electrons. The zero-order chi connectivity index (χ0) is 14.8. The molecule has 2 N–H and O–H groups in total. The summed E-state index contributed by atoms with van der Waals surface area (Å²) in [7, 11) is 0. The van der Waals surface area contributed by atoms with Crippen molar-refractivity contribution in [1.29, 1.82) is 0 Å². The second kappa shape index (κ2) is 9.18. The molecular formula is C15H21BrCl2FN3O. The number of nitrogens with one attached hydrogen (secondary N) is 1. The molecule has 1 aliphatic heterocycles. The molecule has 0 aliphatic carbocycles. The fraction of sp³-hybridized carbons (Fsp3) is 0.533. The number of piperidine rings is 1. The topological polar surface area (TPSA) is 50.1 Å². The number of hydrogen-bond acceptors (Lipinski definition) is 3. The highest BCUT2D eigenvalue weighted by atomic mass is 79.9. The Labute approximate surface area is 155 Å². The fourth-order valence-electron chi connectivity index (χ4n) is 2.96. The summed E-state index contributed by atoms with van der Waals surface area (Å²) in [6, 6.07) is 3.77. The molecule has 8 heteroatoms. The van der Waals surface area contributed by atoms with Crippen molar-refractivity contribution in [1.82, 2.24) is 14.9 Å². The Bertz CT molecular complexity index is 640. The molecule has 2 atom stereocenters. The van der Waals surface area contributed by atoms with E-state index in [1.807, 2.05) is 10.6 Å². The third kappa shape index (κ3) is 4.57. The molecular weight excluding hydrogens is 408 g/mol. The van der Waals surface area contributed by atoms with E-state index in [9.17, 15) is 9.50 Å². The number of aryl methyl sites for hydroxylation is 1. The van der Waals surface area contributed by atoms with Crippen molar-refractivity contribution in [2.75, 3.05) is 6.54 Å². The summed E-state index contributed by atoms with van der Waals surface area (Å²) in [6.07, 6.45) is 5.21. The zero-order valence-corrected chi connectivity index (χ0v) is 15.8. The molecule has 0 radical (unpaired) electrons. The smallest absolute Gasteiger partial charge is 0.165 e. The Balaban J connectivity index is 0.00000132. The Kier molecular flexibility index (Phi) is 8.24. The molecule has 4 nitrogen and oxygen atoms in total. The number of halogens is 4. The monoisotopic (exact) mass is 427 g/mol. The summed E-state index contributed by atoms with van der Waals surface area (Å²) in [4.78, 5) is 4.15. The summed E-state index contributed by atoms with van der Waals surface area (Å²) < 4.78 is 16.3. The van der Waals surface area contributed by atoms with Gasteiger partial charge in [-0.25, -0.2) is 9.37 Å². The van der Waals surface area contributed by atoms with E-state index < -0.39 is 0 Å². The van der Waals surface area contributed by atoms with Crippen LogP contribution in [0.1, 0.15) is 25.7 Å². The van der Waals surface area contributed by atoms with Crippen molar-refractivity contribution < 1.29 is 9.50 Å². The predicted molar refractivity (Wildman–Crippen MR) is 98.2 cm³/mol. The van der Waals surface area contributed by atoms with E-state index in [2.05, 4.69) is 26.2 Å². The lowest BCUT2D eigenvalue weighted by atomic mass is 9.97. The molecule has 2 unspecified atom stereocenters. The third-order valence-corrected chi connectivity index (χ3v) is 4.76. The van der Waals surface area contributed by atoms with E-state index in [0.29, 0.717) is 9.99 Å². The van der Waals surface area contributed by atoms with Gasteiger partial charge in [0.25, 0.3) is 0 Å². The van der Waals surface area contributed by atoms with Crippen molar-refractivity contribution >= 4 is 51.8 Å². The molecule has 1 fully saturated rings. The van der Waals surface area contributed by atoms with Crippen LogP contribution in [0.15, 0.2) is 22.9 Å². The van der Waals surface area contributed by atoms with E-state index in [0.717, 1.165) is 44.3 Å². The minimum absolute atomic E-state index is 0. The van der Waals surface area contributed by atoms with Crippen LogP contribution in [0.25, 0.3) is 11.0 Å². The molecule has 1 aromatic carbocycles. The van der Waals surface area contributed by atoms with E-state index in [-0.39, 0.29) is 42.8 Å². The highest BCUT2D eigenvalue weighted by molar-refractivity contribution is 9.10. The van der Waals surface area contributed by atoms with Crippen LogP contribution in [0.3, 0.4) is 0 Å². The lowest BCUT2D eigenvalue weighted by Crippen LogP contribution is -2.44. The normalized spacial score (nSPS) is 20.8. The molecule has 2 heterocycles. The van der Waals surface area contributed by atoms with Crippen LogP contribution in [-0.4, -0.2) is 33.3 Å². The first-order valence-corrected chi connectivity index (χ1v) is 8.16. The lowest BCUT2D eigenvalue weighted by Gasteiger charge is -2.29. The number of benzene rings is 1. The zero-order valence-electron chi connectivity index (χ0n) is 12.5. The predicted octanol–water partition coefficient (Wildman–Crippen LogP) is 3.67. The van der Waals surface area contributed by atoms with Crippen molar-refractivity contribution in [2.45, 2.75) is 44.4 Å². The number of nitrogens with zero attached hydrogens (tertiary/aromatic N) is 2. The molecule has 0 spiro atoms. The average molecular weight is 429 g/mol. The number of imidazole rings is 1. The Morgan fingerprint density at radius 3 is 2.91 bits per heavy atom. The molecule has 3 rings (SSSR count). The van der Waals surface area contributed by atoms with Crippen LogP contribution in [0.5, 0.6) is 0 Å². The van der Waals surface area contributed by atoms with Gasteiger partial charge in [-0.3, -0.25) is 0 Å². The first-order chi connectivity index (χ1) is 10.2. The van der Waals surface area contributed by atoms with Gasteiger partial charge < -0.3 is 15.0 Å². The van der Waals surface area contributed by atoms with Gasteiger partial charge >= 0.3 is 0 Å². The molecule has 23 heavy (non-hydrogen) atoms. The second-order valence-corrected chi connectivity index (χ2v) is 6.43. The van der Waals surface area contributed by atoms with Gasteiger partial charge in [-0.1, -0.05) is 0 Å². The second-order valence-electron chi connectivity index (χ2n) is 5.58. The SMILES string of the molecule is Cl.Cl.OC1CCCNC1CCCn1cnc2c(F)c(Br)ccc21. The summed E-state index contributed by atoms with van der Waals surface area (Å²) in [6.45, 7) is 1.76. The summed E-state index contributed by atoms with van der Waals surface area (Å²) in [5.74, 6) is -0.310. The molecule has 1 aromatic heterocycles. The van der Waals surface area contributed by atoms with Crippen molar-refractivity contribution in [3.63, 3.8) is 0 Å². The lowest BCUT2D eigenvalue weighted by molar-refractivity contribution is 0.0909. The highest BCUT2D eigenvalue weighted by Crippen LogP contribution is 2.24. The van der Waals surface area contributed by atoms with Gasteiger partial charge in [0, 0.05) is 12.6 Å². The average Bonchev–Trinajstić information content (AvgIpc) is 2.89. The van der Waals surface area contributed by atoms with E-state index in [1.54, 1.807) is 12.4 Å². The molecule has 1 aliphatic rings. The molecule has 0 amide bonds. The van der Waals surface area contributed by atoms with E-state index in [4.69, 9.17) is 0 Å². The Morgan fingerprint density at radius 1 is 1.39 bits per heavy atom. The summed E-state index contributed by atoms with van der Waals surface area (Å²) in [5, 5.41) is 13.3. The van der Waals surface area contributed by atoms with Gasteiger partial charge in [0.15, 0.2) is 5.82 Å². The Morgan fingerprint density at radius 2 is 2.17 bits per heavy atom. The molecule has 2 aromatic rings. The largest absolute Gasteiger partial charge is 0.392 e. The summed E-state index contributed by atoms with van der Waals surface area (Å²) in [5.41, 5.74) is 1.22. The number of aliphatic hydroxyl groups excluding tert-OH is 1. The third-order valence-electron chi connectivity index (χ3n) is 4.15. The minimum Gasteiger partial charge on any atom is -0.392 e. The van der Waals surface area contributed by atoms with Gasteiger partial charge in [-0.05, 0) is 60.3 Å². The van der Waals surface area contributed by atoms with E-state index >= 15 is 0 Å². The van der Waals surface area contributed by atoms with Gasteiger partial charge in [0.1, 0.15) is 5.52 Å². The van der Waals surface area contributed by atoms with Crippen LogP contribution in [0, 0.1) is 5.82 Å². The maximum atomic E-state index is 13.9. The van der Waals surface area contributed by atoms with Crippen LogP contribution in [0.2, 0.25) is 0 Å². The summed E-state index contributed by atoms with van der Waals surface area (Å²) >= 11 is 3.18. The minimum atomic E-state index is -0.310. The number of hydrogen-bond donors (Lipinski definition) is 2. The first kappa shape index (κ1) is 20.6. The number of aromatic nitrogens is 2. The van der Waals surface area contributed by atoms with Gasteiger partial charge in [0.2, 0.25) is 0 Å². The van der Waals surface area contributed by atoms with Crippen LogP contribution in [0.4, 0.5) is 4.39 Å². The van der Waals surface area contributed by atoms with Gasteiger partial charge in [-0.15, -0.1) is 24.8 Å². The molecule has 0 saturated carbocycles. The van der Waals surface area contributed by atoms with E-state index in [1.165, 1.54) is 0 Å². The van der Waals surface area contributed by atoms with Crippen LogP contribution in [-0.2, 0) is 6.54 Å². The number of rotatable bonds is 4. The Hall–Kier alpha value is -0.400. The van der Waals surface area contributed by atoms with Gasteiger partial charge in [-0.2, -0.15) is 0 Å². The number of fused-ring (bicyclic) bond motifs is 1. The van der Waals surface area contributed by atoms with Crippen molar-refractivity contribution in [2.24, 2.45) is 0 Å². The van der Waals surface area contributed by atoms with Crippen LogP contribution >= 0.6 is 40.7 Å². The maximum Gasteiger partial charge on any atom is 0.165 e.